The molecule has 0 unspecified atom stereocenters. The molecule has 5 nitrogen and oxygen atoms in total. The van der Waals surface area contributed by atoms with Gasteiger partial charge in [0.2, 0.25) is 0 Å². The van der Waals surface area contributed by atoms with Crippen molar-refractivity contribution in [2.24, 2.45) is 0 Å². The summed E-state index contributed by atoms with van der Waals surface area (Å²) in [6, 6.07) is 12.8. The van der Waals surface area contributed by atoms with Crippen molar-refractivity contribution in [3.05, 3.63) is 59.2 Å². The number of carbonyl (C=O) groups excluding carboxylic acids is 2. The van der Waals surface area contributed by atoms with Crippen molar-refractivity contribution in [2.75, 3.05) is 23.3 Å². The molecule has 2 N–H and O–H groups in total. The van der Waals surface area contributed by atoms with Gasteiger partial charge in [-0.1, -0.05) is 6.07 Å². The lowest BCUT2D eigenvalue weighted by Crippen LogP contribution is -2.27. The highest BCUT2D eigenvalue weighted by Crippen LogP contribution is 2.19. The number of carbonyl (C=O) groups is 2. The van der Waals surface area contributed by atoms with Gasteiger partial charge < -0.3 is 10.6 Å². The van der Waals surface area contributed by atoms with E-state index in [0.29, 0.717) is 18.7 Å². The van der Waals surface area contributed by atoms with Crippen LogP contribution in [0.25, 0.3) is 0 Å². The normalized spacial score (nSPS) is 13.8. The Balaban J connectivity index is 1.72. The van der Waals surface area contributed by atoms with Crippen LogP contribution in [0, 0.1) is 13.8 Å². The van der Waals surface area contributed by atoms with E-state index >= 15 is 0 Å². The fourth-order valence-corrected chi connectivity index (χ4v) is 2.53. The lowest BCUT2D eigenvalue weighted by molar-refractivity contribution is 0.102. The quantitative estimate of drug-likeness (QED) is 0.915. The van der Waals surface area contributed by atoms with Crippen molar-refractivity contribution >= 4 is 23.3 Å². The molecule has 1 heterocycles. The number of rotatable bonds is 3. The standard InChI is InChI=1S/C18H19N3O2/c1-12-3-6-15(11-13(12)2)20-17(22)14-4-7-16(8-5-14)21-10-9-19-18(21)23/h3-8,11H,9-10H2,1-2H3,(H,19,23)(H,20,22). The van der Waals surface area contributed by atoms with E-state index in [1.54, 1.807) is 29.2 Å². The van der Waals surface area contributed by atoms with Crippen LogP contribution in [0.1, 0.15) is 21.5 Å². The number of hydrogen-bond donors (Lipinski definition) is 2. The molecule has 0 atom stereocenters. The van der Waals surface area contributed by atoms with E-state index in [1.165, 1.54) is 5.56 Å². The second kappa shape index (κ2) is 6.12. The number of nitrogens with one attached hydrogen (secondary N) is 2. The van der Waals surface area contributed by atoms with Crippen molar-refractivity contribution in [1.29, 1.82) is 0 Å². The third-order valence-corrected chi connectivity index (χ3v) is 4.06. The summed E-state index contributed by atoms with van der Waals surface area (Å²) in [5.41, 5.74) is 4.46. The summed E-state index contributed by atoms with van der Waals surface area (Å²) in [5, 5.41) is 5.65. The Hall–Kier alpha value is -2.82. The molecule has 1 aliphatic rings. The summed E-state index contributed by atoms with van der Waals surface area (Å²) in [4.78, 5) is 25.6. The Bertz CT molecular complexity index is 753. The number of benzene rings is 2. The summed E-state index contributed by atoms with van der Waals surface area (Å²) in [6.07, 6.45) is 0. The number of hydrogen-bond acceptors (Lipinski definition) is 2. The van der Waals surface area contributed by atoms with Gasteiger partial charge in [0.15, 0.2) is 0 Å². The van der Waals surface area contributed by atoms with E-state index in [9.17, 15) is 9.59 Å². The number of anilines is 2. The Kier molecular flexibility index (Phi) is 4.02. The van der Waals surface area contributed by atoms with Crippen molar-refractivity contribution in [1.82, 2.24) is 5.32 Å². The van der Waals surface area contributed by atoms with Crippen molar-refractivity contribution in [3.8, 4) is 0 Å². The van der Waals surface area contributed by atoms with Gasteiger partial charge in [0.05, 0.1) is 0 Å². The van der Waals surface area contributed by atoms with Crippen molar-refractivity contribution < 1.29 is 9.59 Å². The summed E-state index contributed by atoms with van der Waals surface area (Å²) < 4.78 is 0. The highest BCUT2D eigenvalue weighted by atomic mass is 16.2. The van der Waals surface area contributed by atoms with Gasteiger partial charge in [-0.05, 0) is 61.4 Å². The highest BCUT2D eigenvalue weighted by molar-refractivity contribution is 6.04. The van der Waals surface area contributed by atoms with E-state index in [4.69, 9.17) is 0 Å². The number of nitrogens with zero attached hydrogens (tertiary/aromatic N) is 1. The largest absolute Gasteiger partial charge is 0.336 e. The lowest BCUT2D eigenvalue weighted by atomic mass is 10.1. The maximum atomic E-state index is 12.3. The third-order valence-electron chi connectivity index (χ3n) is 4.06. The second-order valence-electron chi connectivity index (χ2n) is 5.68. The predicted molar refractivity (Wildman–Crippen MR) is 91.1 cm³/mol. The first-order valence-corrected chi connectivity index (χ1v) is 7.58. The van der Waals surface area contributed by atoms with Crippen LogP contribution in [0.15, 0.2) is 42.5 Å². The maximum Gasteiger partial charge on any atom is 0.321 e. The Labute approximate surface area is 135 Å². The molecule has 1 aliphatic heterocycles. The predicted octanol–water partition coefficient (Wildman–Crippen LogP) is 3.09. The van der Waals surface area contributed by atoms with Gasteiger partial charge in [0, 0.05) is 30.0 Å². The fraction of sp³-hybridized carbons (Fsp3) is 0.222. The highest BCUT2D eigenvalue weighted by Gasteiger charge is 2.21. The average Bonchev–Trinajstić information content (AvgIpc) is 2.97. The minimum absolute atomic E-state index is 0.0997. The second-order valence-corrected chi connectivity index (χ2v) is 5.68. The summed E-state index contributed by atoms with van der Waals surface area (Å²) in [5.74, 6) is -0.161. The Morgan fingerprint density at radius 2 is 1.83 bits per heavy atom. The monoisotopic (exact) mass is 309 g/mol. The van der Waals surface area contributed by atoms with E-state index in [2.05, 4.69) is 10.6 Å². The van der Waals surface area contributed by atoms with Crippen molar-refractivity contribution in [2.45, 2.75) is 13.8 Å². The lowest BCUT2D eigenvalue weighted by Gasteiger charge is -2.14. The molecule has 5 heteroatoms. The molecule has 0 radical (unpaired) electrons. The molecule has 1 fully saturated rings. The van der Waals surface area contributed by atoms with Gasteiger partial charge in [-0.25, -0.2) is 4.79 Å². The van der Waals surface area contributed by atoms with E-state index in [1.807, 2.05) is 32.0 Å². The van der Waals surface area contributed by atoms with E-state index in [0.717, 1.165) is 16.9 Å². The first-order chi connectivity index (χ1) is 11.0. The molecule has 2 aromatic carbocycles. The maximum absolute atomic E-state index is 12.3. The Morgan fingerprint density at radius 3 is 2.43 bits per heavy atom. The minimum Gasteiger partial charge on any atom is -0.336 e. The molecule has 0 spiro atoms. The topological polar surface area (TPSA) is 61.4 Å². The van der Waals surface area contributed by atoms with Crippen LogP contribution in [0.2, 0.25) is 0 Å². The molecular weight excluding hydrogens is 290 g/mol. The van der Waals surface area contributed by atoms with Crippen LogP contribution in [0.5, 0.6) is 0 Å². The van der Waals surface area contributed by atoms with Crippen LogP contribution in [-0.2, 0) is 0 Å². The first kappa shape index (κ1) is 15.1. The van der Waals surface area contributed by atoms with Gasteiger partial charge in [-0.3, -0.25) is 9.69 Å². The summed E-state index contributed by atoms with van der Waals surface area (Å²) in [7, 11) is 0. The summed E-state index contributed by atoms with van der Waals surface area (Å²) >= 11 is 0. The van der Waals surface area contributed by atoms with Gasteiger partial charge in [0.1, 0.15) is 0 Å². The molecule has 1 saturated heterocycles. The van der Waals surface area contributed by atoms with Gasteiger partial charge >= 0.3 is 6.03 Å². The van der Waals surface area contributed by atoms with E-state index in [-0.39, 0.29) is 11.9 Å². The number of urea groups is 1. The molecule has 0 saturated carbocycles. The molecule has 3 rings (SSSR count). The molecule has 3 amide bonds. The minimum atomic E-state index is -0.161. The SMILES string of the molecule is Cc1ccc(NC(=O)c2ccc(N3CCNC3=O)cc2)cc1C. The first-order valence-electron chi connectivity index (χ1n) is 7.58. The number of amides is 3. The third kappa shape index (κ3) is 3.18. The van der Waals surface area contributed by atoms with Crippen molar-refractivity contribution in [3.63, 3.8) is 0 Å². The molecule has 0 aliphatic carbocycles. The van der Waals surface area contributed by atoms with Crippen LogP contribution < -0.4 is 15.5 Å². The smallest absolute Gasteiger partial charge is 0.321 e. The zero-order chi connectivity index (χ0) is 16.4. The number of aryl methyl sites for hydroxylation is 2. The summed E-state index contributed by atoms with van der Waals surface area (Å²) in [6.45, 7) is 5.34. The molecule has 2 aromatic rings. The van der Waals surface area contributed by atoms with Crippen LogP contribution in [-0.4, -0.2) is 25.0 Å². The van der Waals surface area contributed by atoms with Gasteiger partial charge in [-0.2, -0.15) is 0 Å². The van der Waals surface area contributed by atoms with Crippen LogP contribution in [0.4, 0.5) is 16.2 Å². The molecule has 0 bridgehead atoms. The fourth-order valence-electron chi connectivity index (χ4n) is 2.53. The molecule has 118 valence electrons. The molecule has 0 aromatic heterocycles. The Morgan fingerprint density at radius 1 is 1.09 bits per heavy atom. The van der Waals surface area contributed by atoms with Crippen LogP contribution in [0.3, 0.4) is 0 Å². The van der Waals surface area contributed by atoms with Crippen LogP contribution >= 0.6 is 0 Å². The average molecular weight is 309 g/mol. The van der Waals surface area contributed by atoms with Gasteiger partial charge in [0.25, 0.3) is 5.91 Å². The molecular formula is C18H19N3O2. The zero-order valence-electron chi connectivity index (χ0n) is 13.2. The van der Waals surface area contributed by atoms with Gasteiger partial charge in [-0.15, -0.1) is 0 Å². The van der Waals surface area contributed by atoms with E-state index < -0.39 is 0 Å². The molecule has 23 heavy (non-hydrogen) atoms. The zero-order valence-corrected chi connectivity index (χ0v) is 13.2.